The first-order chi connectivity index (χ1) is 9.63. The summed E-state index contributed by atoms with van der Waals surface area (Å²) in [6.07, 6.45) is 2.79. The van der Waals surface area contributed by atoms with Crippen LogP contribution < -0.4 is 0 Å². The van der Waals surface area contributed by atoms with Gasteiger partial charge < -0.3 is 0 Å². The van der Waals surface area contributed by atoms with Gasteiger partial charge in [0, 0.05) is 6.20 Å². The van der Waals surface area contributed by atoms with Crippen molar-refractivity contribution in [2.75, 3.05) is 0 Å². The molecule has 0 amide bonds. The average molecular weight is 263 g/mol. The largest absolute Gasteiger partial charge is 0.272 e. The highest BCUT2D eigenvalue weighted by Gasteiger charge is 2.04. The molecule has 0 fully saturated rings. The van der Waals surface area contributed by atoms with Crippen LogP contribution in [-0.4, -0.2) is 6.72 Å². The summed E-state index contributed by atoms with van der Waals surface area (Å²) in [4.78, 5) is 3.85. The topological polar surface area (TPSA) is 12.4 Å². The van der Waals surface area contributed by atoms with E-state index in [4.69, 9.17) is 0 Å². The molecule has 0 radical (unpaired) electrons. The summed E-state index contributed by atoms with van der Waals surface area (Å²) in [5.41, 5.74) is 5.22. The Morgan fingerprint density at radius 3 is 2.50 bits per heavy atom. The zero-order valence-corrected chi connectivity index (χ0v) is 12.5. The van der Waals surface area contributed by atoms with Gasteiger partial charge in [0.25, 0.3) is 0 Å². The van der Waals surface area contributed by atoms with Crippen LogP contribution in [0, 0.1) is 0 Å². The Morgan fingerprint density at radius 1 is 1.05 bits per heavy atom. The molecule has 0 unspecified atom stereocenters. The summed E-state index contributed by atoms with van der Waals surface area (Å²) in [6.45, 7) is 9.94. The van der Waals surface area contributed by atoms with Crippen LogP contribution in [-0.2, 0) is 6.42 Å². The standard InChI is InChI=1S/C19H21N/c1-14(16(3)15(2)13-20-4)12-18-10-7-9-17-8-5-6-11-19(17)18/h5-11,13H,4,12H2,1-3H3/b15-13-,16-14+. The van der Waals surface area contributed by atoms with E-state index in [1.165, 1.54) is 33.1 Å². The number of hydrogen-bond acceptors (Lipinski definition) is 1. The first-order valence-corrected chi connectivity index (χ1v) is 6.89. The van der Waals surface area contributed by atoms with Gasteiger partial charge in [-0.15, -0.1) is 0 Å². The molecule has 2 rings (SSSR count). The first kappa shape index (κ1) is 14.3. The molecule has 0 aromatic heterocycles. The van der Waals surface area contributed by atoms with Gasteiger partial charge >= 0.3 is 0 Å². The normalized spacial score (nSPS) is 13.2. The van der Waals surface area contributed by atoms with Crippen molar-refractivity contribution in [3.05, 3.63) is 70.9 Å². The van der Waals surface area contributed by atoms with Gasteiger partial charge in [-0.2, -0.15) is 0 Å². The van der Waals surface area contributed by atoms with E-state index < -0.39 is 0 Å². The highest BCUT2D eigenvalue weighted by Crippen LogP contribution is 2.23. The minimum atomic E-state index is 0.968. The number of allylic oxidation sites excluding steroid dienone is 3. The fraction of sp³-hybridized carbons (Fsp3) is 0.211. The van der Waals surface area contributed by atoms with Gasteiger partial charge in [-0.05, 0) is 61.4 Å². The van der Waals surface area contributed by atoms with Crippen LogP contribution in [0.3, 0.4) is 0 Å². The lowest BCUT2D eigenvalue weighted by atomic mass is 9.95. The number of rotatable bonds is 4. The van der Waals surface area contributed by atoms with Crippen molar-refractivity contribution in [3.63, 3.8) is 0 Å². The van der Waals surface area contributed by atoms with E-state index in [0.717, 1.165) is 6.42 Å². The molecule has 0 saturated heterocycles. The SMILES string of the molecule is C=N/C=C(C)\C(C)=C(/C)Cc1cccc2ccccc12. The smallest absolute Gasteiger partial charge is 0.0292 e. The van der Waals surface area contributed by atoms with Crippen molar-refractivity contribution in [2.24, 2.45) is 4.99 Å². The van der Waals surface area contributed by atoms with Gasteiger partial charge in [-0.1, -0.05) is 48.0 Å². The zero-order chi connectivity index (χ0) is 14.5. The van der Waals surface area contributed by atoms with E-state index in [-0.39, 0.29) is 0 Å². The maximum Gasteiger partial charge on any atom is 0.0292 e. The number of fused-ring (bicyclic) bond motifs is 1. The van der Waals surface area contributed by atoms with Crippen LogP contribution in [0.5, 0.6) is 0 Å². The van der Waals surface area contributed by atoms with Gasteiger partial charge in [0.15, 0.2) is 0 Å². The van der Waals surface area contributed by atoms with Crippen LogP contribution in [0.4, 0.5) is 0 Å². The number of nitrogens with zero attached hydrogens (tertiary/aromatic N) is 1. The maximum absolute atomic E-state index is 3.85. The van der Waals surface area contributed by atoms with E-state index in [0.29, 0.717) is 0 Å². The molecule has 2 aromatic carbocycles. The summed E-state index contributed by atoms with van der Waals surface area (Å²) in [7, 11) is 0. The van der Waals surface area contributed by atoms with E-state index in [1.54, 1.807) is 0 Å². The molecule has 1 heteroatoms. The molecule has 0 atom stereocenters. The first-order valence-electron chi connectivity index (χ1n) is 6.89. The lowest BCUT2D eigenvalue weighted by Crippen LogP contribution is -1.93. The van der Waals surface area contributed by atoms with E-state index in [2.05, 4.69) is 74.9 Å². The predicted octanol–water partition coefficient (Wildman–Crippen LogP) is 5.32. The lowest BCUT2D eigenvalue weighted by molar-refractivity contribution is 1.10. The number of aliphatic imine (C=N–C) groups is 1. The van der Waals surface area contributed by atoms with Crippen molar-refractivity contribution in [3.8, 4) is 0 Å². The van der Waals surface area contributed by atoms with E-state index >= 15 is 0 Å². The minimum Gasteiger partial charge on any atom is -0.272 e. The molecule has 0 bridgehead atoms. The Balaban J connectivity index is 2.40. The number of hydrogen-bond donors (Lipinski definition) is 0. The molecule has 0 N–H and O–H groups in total. The second-order valence-corrected chi connectivity index (χ2v) is 5.22. The van der Waals surface area contributed by atoms with Crippen molar-refractivity contribution in [2.45, 2.75) is 27.2 Å². The van der Waals surface area contributed by atoms with Gasteiger partial charge in [0.1, 0.15) is 0 Å². The molecule has 0 aliphatic carbocycles. The molecule has 2 aromatic rings. The third-order valence-corrected chi connectivity index (χ3v) is 3.85. The molecule has 102 valence electrons. The monoisotopic (exact) mass is 263 g/mol. The highest BCUT2D eigenvalue weighted by molar-refractivity contribution is 5.85. The molecule has 0 heterocycles. The third-order valence-electron chi connectivity index (χ3n) is 3.85. The summed E-state index contributed by atoms with van der Waals surface area (Å²) in [6, 6.07) is 15.1. The van der Waals surface area contributed by atoms with Crippen LogP contribution in [0.25, 0.3) is 10.8 Å². The predicted molar refractivity (Wildman–Crippen MR) is 89.3 cm³/mol. The van der Waals surface area contributed by atoms with Crippen LogP contribution in [0.15, 0.2) is 70.4 Å². The highest BCUT2D eigenvalue weighted by atomic mass is 14.6. The Bertz CT molecular complexity index is 684. The van der Waals surface area contributed by atoms with Gasteiger partial charge in [0.2, 0.25) is 0 Å². The maximum atomic E-state index is 3.85. The summed E-state index contributed by atoms with van der Waals surface area (Å²) in [5, 5.41) is 2.64. The summed E-state index contributed by atoms with van der Waals surface area (Å²) < 4.78 is 0. The molecular weight excluding hydrogens is 242 g/mol. The second-order valence-electron chi connectivity index (χ2n) is 5.22. The zero-order valence-electron chi connectivity index (χ0n) is 12.5. The fourth-order valence-corrected chi connectivity index (χ4v) is 2.44. The summed E-state index contributed by atoms with van der Waals surface area (Å²) in [5.74, 6) is 0. The van der Waals surface area contributed by atoms with Crippen molar-refractivity contribution in [1.29, 1.82) is 0 Å². The Labute approximate surface area is 121 Å². The molecule has 0 aliphatic rings. The Morgan fingerprint density at radius 2 is 1.75 bits per heavy atom. The van der Waals surface area contributed by atoms with Crippen LogP contribution in [0.2, 0.25) is 0 Å². The van der Waals surface area contributed by atoms with Crippen molar-refractivity contribution < 1.29 is 0 Å². The lowest BCUT2D eigenvalue weighted by Gasteiger charge is -2.10. The minimum absolute atomic E-state index is 0.968. The Hall–Kier alpha value is -2.15. The van der Waals surface area contributed by atoms with Gasteiger partial charge in [-0.3, -0.25) is 4.99 Å². The van der Waals surface area contributed by atoms with E-state index in [1.807, 2.05) is 6.20 Å². The second kappa shape index (κ2) is 6.33. The molecular formula is C19H21N. The quantitative estimate of drug-likeness (QED) is 0.522. The number of benzene rings is 2. The molecule has 0 saturated carbocycles. The molecule has 1 nitrogen and oxygen atoms in total. The summed E-state index contributed by atoms with van der Waals surface area (Å²) >= 11 is 0. The van der Waals surface area contributed by atoms with Crippen molar-refractivity contribution >= 4 is 17.5 Å². The fourth-order valence-electron chi connectivity index (χ4n) is 2.44. The molecule has 20 heavy (non-hydrogen) atoms. The molecule has 0 spiro atoms. The third kappa shape index (κ3) is 3.05. The van der Waals surface area contributed by atoms with Crippen molar-refractivity contribution in [1.82, 2.24) is 0 Å². The van der Waals surface area contributed by atoms with Gasteiger partial charge in [0.05, 0.1) is 0 Å². The van der Waals surface area contributed by atoms with Crippen LogP contribution in [0.1, 0.15) is 26.3 Å². The van der Waals surface area contributed by atoms with Gasteiger partial charge in [-0.25, -0.2) is 0 Å². The van der Waals surface area contributed by atoms with E-state index in [9.17, 15) is 0 Å². The molecule has 0 aliphatic heterocycles. The average Bonchev–Trinajstić information content (AvgIpc) is 2.47. The van der Waals surface area contributed by atoms with Crippen LogP contribution >= 0.6 is 0 Å². The Kier molecular flexibility index (Phi) is 4.52.